The normalized spacial score (nSPS) is 28.7. The Bertz CT molecular complexity index is 1100. The van der Waals surface area contributed by atoms with Crippen LogP contribution in [0.1, 0.15) is 61.6 Å². The van der Waals surface area contributed by atoms with Crippen LogP contribution in [-0.2, 0) is 17.7 Å². The topological polar surface area (TPSA) is 147 Å². The Morgan fingerprint density at radius 2 is 1.69 bits per heavy atom. The van der Waals surface area contributed by atoms with Gasteiger partial charge in [0.25, 0.3) is 5.56 Å². The number of rotatable bonds is 5. The molecule has 4 atom stereocenters. The lowest BCUT2D eigenvalue weighted by Crippen LogP contribution is -2.65. The molecule has 2 aliphatic rings. The van der Waals surface area contributed by atoms with Gasteiger partial charge in [0.15, 0.2) is 17.4 Å². The van der Waals surface area contributed by atoms with Crippen molar-refractivity contribution in [1.82, 2.24) is 19.5 Å². The van der Waals surface area contributed by atoms with E-state index >= 15 is 0 Å². The van der Waals surface area contributed by atoms with Crippen molar-refractivity contribution < 1.29 is 22.8 Å². The van der Waals surface area contributed by atoms with Crippen LogP contribution in [-0.4, -0.2) is 66.7 Å². The Labute approximate surface area is 207 Å². The third kappa shape index (κ3) is 4.20. The predicted molar refractivity (Wildman–Crippen MR) is 136 cm³/mol. The van der Waals surface area contributed by atoms with E-state index in [4.69, 9.17) is 23.4 Å². The van der Waals surface area contributed by atoms with Crippen LogP contribution < -0.4 is 11.3 Å². The molecule has 4 rings (SSSR count). The van der Waals surface area contributed by atoms with Crippen molar-refractivity contribution in [2.75, 3.05) is 12.3 Å². The summed E-state index contributed by atoms with van der Waals surface area (Å²) >= 11 is 0. The molecule has 0 aromatic carbocycles. The maximum atomic E-state index is 12.3. The zero-order valence-corrected chi connectivity index (χ0v) is 23.8. The van der Waals surface area contributed by atoms with Crippen LogP contribution >= 0.6 is 0 Å². The number of nitrogen functional groups attached to an aromatic ring is 1. The zero-order chi connectivity index (χ0) is 25.9. The number of nitrogens with one attached hydrogen (secondary N) is 1. The molecule has 0 aliphatic carbocycles. The van der Waals surface area contributed by atoms with Gasteiger partial charge in [0.2, 0.25) is 5.95 Å². The molecule has 0 spiro atoms. The molecule has 196 valence electrons. The molecule has 0 bridgehead atoms. The third-order valence-corrected chi connectivity index (χ3v) is 17.6. The molecule has 2 fully saturated rings. The molecule has 4 heterocycles. The largest absolute Gasteiger partial charge is 0.414 e. The molecule has 2 saturated heterocycles. The number of nitrogens with zero attached hydrogens (tertiary/aromatic N) is 3. The highest BCUT2D eigenvalue weighted by molar-refractivity contribution is 6.83. The van der Waals surface area contributed by atoms with Crippen LogP contribution in [0.5, 0.6) is 0 Å². The van der Waals surface area contributed by atoms with E-state index in [0.29, 0.717) is 0 Å². The van der Waals surface area contributed by atoms with E-state index in [1.54, 1.807) is 4.57 Å². The lowest BCUT2D eigenvalue weighted by Gasteiger charge is -2.51. The van der Waals surface area contributed by atoms with Crippen LogP contribution in [0.3, 0.4) is 0 Å². The molecule has 0 saturated carbocycles. The lowest BCUT2D eigenvalue weighted by atomic mass is 10.1. The second-order valence-corrected chi connectivity index (χ2v) is 19.7. The number of anilines is 1. The lowest BCUT2D eigenvalue weighted by molar-refractivity contribution is -0.0570. The van der Waals surface area contributed by atoms with Gasteiger partial charge >= 0.3 is 17.1 Å². The van der Waals surface area contributed by atoms with Crippen molar-refractivity contribution >= 4 is 34.2 Å². The first-order chi connectivity index (χ1) is 16.3. The Kier molecular flexibility index (Phi) is 7.07. The highest BCUT2D eigenvalue weighted by Crippen LogP contribution is 2.48. The summed E-state index contributed by atoms with van der Waals surface area (Å²) in [4.78, 5) is 23.1. The Balaban J connectivity index is 1.79. The zero-order valence-electron chi connectivity index (χ0n) is 21.8. The predicted octanol–water partition coefficient (Wildman–Crippen LogP) is 2.92. The fourth-order valence-electron chi connectivity index (χ4n) is 5.50. The number of imidazole rings is 1. The maximum Gasteiger partial charge on any atom is 0.335 e. The standard InChI is InChI=1S/C22H39N5O6Si2/c1-11(2)34(12(3)4)30-9-15-18(32-35(33-34,13(5)6)14(7)8)17(28)21(31-15)27-10-24-16-19(27)25-22(23)26-20(16)29/h10-15,17-18,21,28H,9H2,1-8H3,(H3,23,25,26,29)/t15-,17-,18+,21-/m1/s1. The first-order valence-electron chi connectivity index (χ1n) is 12.4. The molecule has 2 aromatic heterocycles. The van der Waals surface area contributed by atoms with Crippen LogP contribution in [0.25, 0.3) is 11.2 Å². The van der Waals surface area contributed by atoms with Gasteiger partial charge in [-0.1, -0.05) is 55.4 Å². The van der Waals surface area contributed by atoms with E-state index in [2.05, 4.69) is 70.3 Å². The van der Waals surface area contributed by atoms with Crippen LogP contribution in [0.15, 0.2) is 11.1 Å². The summed E-state index contributed by atoms with van der Waals surface area (Å²) in [6.45, 7) is 17.4. The average molecular weight is 526 g/mol. The Hall–Kier alpha value is -1.62. The smallest absolute Gasteiger partial charge is 0.335 e. The monoisotopic (exact) mass is 525 g/mol. The number of nitrogens with two attached hydrogens (primary N) is 1. The van der Waals surface area contributed by atoms with Gasteiger partial charge < -0.3 is 28.5 Å². The summed E-state index contributed by atoms with van der Waals surface area (Å²) in [5, 5.41) is 11.5. The minimum atomic E-state index is -2.91. The maximum absolute atomic E-state index is 12.3. The van der Waals surface area contributed by atoms with Crippen LogP contribution in [0.2, 0.25) is 22.2 Å². The van der Waals surface area contributed by atoms with Gasteiger partial charge in [-0.25, -0.2) is 4.98 Å². The molecule has 35 heavy (non-hydrogen) atoms. The van der Waals surface area contributed by atoms with Crippen molar-refractivity contribution in [3.8, 4) is 0 Å². The summed E-state index contributed by atoms with van der Waals surface area (Å²) in [6, 6.07) is 0. The fourth-order valence-corrected chi connectivity index (χ4v) is 16.7. The molecule has 0 unspecified atom stereocenters. The molecule has 2 aliphatic heterocycles. The molecule has 4 N–H and O–H groups in total. The van der Waals surface area contributed by atoms with E-state index in [1.807, 2.05) is 0 Å². The molecule has 0 radical (unpaired) electrons. The van der Waals surface area contributed by atoms with Gasteiger partial charge in [-0.3, -0.25) is 14.3 Å². The minimum absolute atomic E-state index is 0.0357. The number of hydrogen-bond acceptors (Lipinski definition) is 9. The number of aromatic amines is 1. The van der Waals surface area contributed by atoms with Gasteiger partial charge in [0.1, 0.15) is 18.3 Å². The highest BCUT2D eigenvalue weighted by Gasteiger charge is 2.61. The molecule has 2 aromatic rings. The molecular weight excluding hydrogens is 486 g/mol. The van der Waals surface area contributed by atoms with Gasteiger partial charge in [-0.15, -0.1) is 0 Å². The number of aliphatic hydroxyl groups excluding tert-OH is 1. The number of ether oxygens (including phenoxy) is 1. The third-order valence-electron chi connectivity index (χ3n) is 7.37. The SMILES string of the molecule is CC(C)[Si]1(C(C)C)OC[C@H]2O[C@@H](n3cnc4c(=O)[nH]c(N)nc43)[C@H](O)[C@H]2O[Si](C(C)C)(C(C)C)O1. The number of aromatic nitrogens is 4. The molecule has 13 heteroatoms. The van der Waals surface area contributed by atoms with Crippen molar-refractivity contribution in [3.05, 3.63) is 16.7 Å². The second-order valence-electron chi connectivity index (χ2n) is 10.9. The van der Waals surface area contributed by atoms with Crippen molar-refractivity contribution in [3.63, 3.8) is 0 Å². The van der Waals surface area contributed by atoms with Crippen molar-refractivity contribution in [1.29, 1.82) is 0 Å². The number of fused-ring (bicyclic) bond motifs is 2. The number of hydrogen-bond donors (Lipinski definition) is 3. The van der Waals surface area contributed by atoms with Gasteiger partial charge in [0.05, 0.1) is 12.9 Å². The van der Waals surface area contributed by atoms with Crippen LogP contribution in [0, 0.1) is 0 Å². The fraction of sp³-hybridized carbons (Fsp3) is 0.773. The summed E-state index contributed by atoms with van der Waals surface area (Å²) in [7, 11) is -5.64. The van der Waals surface area contributed by atoms with Gasteiger partial charge in [0, 0.05) is 0 Å². The number of aliphatic hydroxyl groups is 1. The molecule has 0 amide bonds. The van der Waals surface area contributed by atoms with E-state index in [-0.39, 0.29) is 45.9 Å². The molecular formula is C22H39N5O6Si2. The number of H-pyrrole nitrogens is 1. The van der Waals surface area contributed by atoms with Gasteiger partial charge in [-0.2, -0.15) is 4.98 Å². The van der Waals surface area contributed by atoms with Crippen molar-refractivity contribution in [2.24, 2.45) is 0 Å². The van der Waals surface area contributed by atoms with Gasteiger partial charge in [-0.05, 0) is 22.2 Å². The van der Waals surface area contributed by atoms with E-state index in [9.17, 15) is 9.90 Å². The first kappa shape index (κ1) is 26.4. The Morgan fingerprint density at radius 1 is 1.09 bits per heavy atom. The summed E-state index contributed by atoms with van der Waals surface area (Å²) in [5.41, 5.74) is 6.33. The quantitative estimate of drug-likeness (QED) is 0.501. The van der Waals surface area contributed by atoms with Crippen molar-refractivity contribution in [2.45, 2.75) is 102 Å². The minimum Gasteiger partial charge on any atom is -0.414 e. The summed E-state index contributed by atoms with van der Waals surface area (Å²) < 4.78 is 28.7. The summed E-state index contributed by atoms with van der Waals surface area (Å²) in [5.74, 6) is -0.0357. The van der Waals surface area contributed by atoms with E-state index in [1.165, 1.54) is 6.33 Å². The summed E-state index contributed by atoms with van der Waals surface area (Å²) in [6.07, 6.45) is -1.67. The Morgan fingerprint density at radius 3 is 2.26 bits per heavy atom. The van der Waals surface area contributed by atoms with E-state index < -0.39 is 47.2 Å². The highest BCUT2D eigenvalue weighted by atomic mass is 28.5. The molecule has 11 nitrogen and oxygen atoms in total. The average Bonchev–Trinajstić information content (AvgIpc) is 3.28. The van der Waals surface area contributed by atoms with Crippen LogP contribution in [0.4, 0.5) is 5.95 Å². The second kappa shape index (κ2) is 9.36. The first-order valence-corrected chi connectivity index (χ1v) is 16.4. The van der Waals surface area contributed by atoms with E-state index in [0.717, 1.165) is 0 Å².